The molecule has 190 valence electrons. The van der Waals surface area contributed by atoms with Crippen LogP contribution in [-0.4, -0.2) is 61.4 Å². The highest BCUT2D eigenvalue weighted by Gasteiger charge is 2.32. The lowest BCUT2D eigenvalue weighted by atomic mass is 9.94. The maximum atomic E-state index is 13.1. The van der Waals surface area contributed by atoms with Crippen LogP contribution in [0.1, 0.15) is 61.7 Å². The number of hydrogen-bond donors (Lipinski definition) is 3. The molecular formula is C24H31ClN4O6. The molecule has 2 aliphatic rings. The fourth-order valence-corrected chi connectivity index (χ4v) is 4.89. The van der Waals surface area contributed by atoms with Crippen molar-refractivity contribution in [3.8, 4) is 5.69 Å². The highest BCUT2D eigenvalue weighted by molar-refractivity contribution is 6.33. The van der Waals surface area contributed by atoms with Crippen molar-refractivity contribution >= 4 is 17.5 Å². The van der Waals surface area contributed by atoms with Crippen molar-refractivity contribution in [2.75, 3.05) is 19.8 Å². The molecule has 11 heteroatoms. The third kappa shape index (κ3) is 6.00. The quantitative estimate of drug-likeness (QED) is 0.504. The van der Waals surface area contributed by atoms with Crippen LogP contribution in [0.2, 0.25) is 5.02 Å². The van der Waals surface area contributed by atoms with Crippen LogP contribution in [0.4, 0.5) is 0 Å². The van der Waals surface area contributed by atoms with Crippen LogP contribution in [0, 0.1) is 0 Å². The van der Waals surface area contributed by atoms with Crippen molar-refractivity contribution in [3.63, 3.8) is 0 Å². The van der Waals surface area contributed by atoms with Gasteiger partial charge < -0.3 is 20.3 Å². The third-order valence-electron chi connectivity index (χ3n) is 6.89. The first-order chi connectivity index (χ1) is 16.7. The van der Waals surface area contributed by atoms with Crippen molar-refractivity contribution < 1.29 is 19.7 Å². The molecule has 35 heavy (non-hydrogen) atoms. The molecule has 0 unspecified atom stereocenters. The predicted octanol–water partition coefficient (Wildman–Crippen LogP) is 1.40. The first kappa shape index (κ1) is 25.6. The van der Waals surface area contributed by atoms with E-state index < -0.39 is 28.4 Å². The van der Waals surface area contributed by atoms with Crippen LogP contribution >= 0.6 is 11.6 Å². The van der Waals surface area contributed by atoms with E-state index in [0.29, 0.717) is 38.9 Å². The summed E-state index contributed by atoms with van der Waals surface area (Å²) >= 11 is 6.27. The van der Waals surface area contributed by atoms with Crippen LogP contribution in [-0.2, 0) is 11.3 Å². The SMILES string of the molecule is O=C(NCC1(O)CCCCCC1)c1cc(-n2ncc(=O)n(CC3(O)CCOCC3)c2=O)ccc1Cl. The molecule has 1 saturated carbocycles. The molecule has 0 spiro atoms. The molecule has 0 radical (unpaired) electrons. The zero-order chi connectivity index (χ0) is 25.1. The Kier molecular flexibility index (Phi) is 7.75. The number of nitrogens with one attached hydrogen (secondary N) is 1. The van der Waals surface area contributed by atoms with Gasteiger partial charge >= 0.3 is 5.69 Å². The summed E-state index contributed by atoms with van der Waals surface area (Å²) in [6.07, 6.45) is 6.82. The van der Waals surface area contributed by atoms with E-state index in [-0.39, 0.29) is 29.4 Å². The Bertz CT molecular complexity index is 1180. The van der Waals surface area contributed by atoms with Crippen LogP contribution in [0.3, 0.4) is 0 Å². The molecule has 1 saturated heterocycles. The second-order valence-corrected chi connectivity index (χ2v) is 9.99. The van der Waals surface area contributed by atoms with Crippen LogP contribution < -0.4 is 16.6 Å². The average molecular weight is 507 g/mol. The minimum Gasteiger partial charge on any atom is -0.388 e. The number of carbonyl (C=O) groups excluding carboxylic acids is 1. The molecule has 0 bridgehead atoms. The van der Waals surface area contributed by atoms with E-state index >= 15 is 0 Å². The number of carbonyl (C=O) groups is 1. The first-order valence-corrected chi connectivity index (χ1v) is 12.4. The first-order valence-electron chi connectivity index (χ1n) is 12.0. The van der Waals surface area contributed by atoms with E-state index in [1.165, 1.54) is 18.2 Å². The van der Waals surface area contributed by atoms with Gasteiger partial charge in [-0.3, -0.25) is 14.2 Å². The van der Waals surface area contributed by atoms with Crippen molar-refractivity contribution in [2.24, 2.45) is 0 Å². The zero-order valence-electron chi connectivity index (χ0n) is 19.5. The number of ether oxygens (including phenoxy) is 1. The van der Waals surface area contributed by atoms with Gasteiger partial charge in [0.25, 0.3) is 11.5 Å². The molecule has 1 aromatic carbocycles. The minimum absolute atomic E-state index is 0.109. The number of halogens is 1. The summed E-state index contributed by atoms with van der Waals surface area (Å²) in [5.74, 6) is -0.479. The topological polar surface area (TPSA) is 136 Å². The number of hydrogen-bond acceptors (Lipinski definition) is 7. The van der Waals surface area contributed by atoms with E-state index in [9.17, 15) is 24.6 Å². The summed E-state index contributed by atoms with van der Waals surface area (Å²) in [5, 5.41) is 28.5. The normalized spacial score (nSPS) is 19.6. The summed E-state index contributed by atoms with van der Waals surface area (Å²) in [5.41, 5.74) is -3.19. The monoisotopic (exact) mass is 506 g/mol. The average Bonchev–Trinajstić information content (AvgIpc) is 3.06. The van der Waals surface area contributed by atoms with Gasteiger partial charge in [-0.2, -0.15) is 9.78 Å². The van der Waals surface area contributed by atoms with Crippen molar-refractivity contribution in [3.05, 3.63) is 55.8 Å². The van der Waals surface area contributed by atoms with Gasteiger partial charge in [-0.25, -0.2) is 4.79 Å². The lowest BCUT2D eigenvalue weighted by molar-refractivity contribution is -0.0740. The minimum atomic E-state index is -1.23. The second-order valence-electron chi connectivity index (χ2n) is 9.59. The molecule has 0 atom stereocenters. The predicted molar refractivity (Wildman–Crippen MR) is 129 cm³/mol. The maximum Gasteiger partial charge on any atom is 0.352 e. The smallest absolute Gasteiger partial charge is 0.352 e. The van der Waals surface area contributed by atoms with Gasteiger partial charge in [-0.05, 0) is 31.0 Å². The van der Waals surface area contributed by atoms with Crippen molar-refractivity contribution in [1.82, 2.24) is 19.7 Å². The van der Waals surface area contributed by atoms with Crippen molar-refractivity contribution in [1.29, 1.82) is 0 Å². The molecular weight excluding hydrogens is 476 g/mol. The van der Waals surface area contributed by atoms with Crippen LogP contribution in [0.5, 0.6) is 0 Å². The Labute approximate surface area is 207 Å². The van der Waals surface area contributed by atoms with E-state index in [2.05, 4.69) is 10.4 Å². The zero-order valence-corrected chi connectivity index (χ0v) is 20.3. The Morgan fingerprint density at radius 2 is 1.74 bits per heavy atom. The molecule has 1 aliphatic carbocycles. The number of benzene rings is 1. The van der Waals surface area contributed by atoms with Crippen LogP contribution in [0.25, 0.3) is 5.69 Å². The molecule has 2 aromatic rings. The molecule has 10 nitrogen and oxygen atoms in total. The van der Waals surface area contributed by atoms with E-state index in [1.807, 2.05) is 0 Å². The summed E-state index contributed by atoms with van der Waals surface area (Å²) in [6, 6.07) is 4.41. The summed E-state index contributed by atoms with van der Waals surface area (Å²) in [4.78, 5) is 38.4. The number of nitrogens with zero attached hydrogens (tertiary/aromatic N) is 3. The Morgan fingerprint density at radius 3 is 2.43 bits per heavy atom. The van der Waals surface area contributed by atoms with E-state index in [4.69, 9.17) is 16.3 Å². The number of amides is 1. The molecule has 1 aliphatic heterocycles. The lowest BCUT2D eigenvalue weighted by Gasteiger charge is -2.32. The Morgan fingerprint density at radius 1 is 1.06 bits per heavy atom. The fourth-order valence-electron chi connectivity index (χ4n) is 4.68. The number of aromatic nitrogens is 3. The third-order valence-corrected chi connectivity index (χ3v) is 7.22. The lowest BCUT2D eigenvalue weighted by Crippen LogP contribution is -2.49. The molecule has 1 aromatic heterocycles. The molecule has 2 heterocycles. The fraction of sp³-hybridized carbons (Fsp3) is 0.583. The summed E-state index contributed by atoms with van der Waals surface area (Å²) in [7, 11) is 0. The highest BCUT2D eigenvalue weighted by atomic mass is 35.5. The van der Waals surface area contributed by atoms with E-state index in [0.717, 1.165) is 41.1 Å². The second kappa shape index (κ2) is 10.6. The molecule has 1 amide bonds. The largest absolute Gasteiger partial charge is 0.388 e. The number of aliphatic hydroxyl groups is 2. The Hall–Kier alpha value is -2.53. The van der Waals surface area contributed by atoms with Gasteiger partial charge in [0.2, 0.25) is 0 Å². The standard InChI is InChI=1S/C24H31ClN4O6/c25-19-6-5-17(13-18(19)21(31)26-15-23(33)7-3-1-2-4-8-23)29-22(32)28(20(30)14-27-29)16-24(34)9-11-35-12-10-24/h5-6,13-14,33-34H,1-4,7-12,15-16H2,(H,26,31). The molecule has 2 fully saturated rings. The maximum absolute atomic E-state index is 13.1. The summed E-state index contributed by atoms with van der Waals surface area (Å²) < 4.78 is 7.20. The summed E-state index contributed by atoms with van der Waals surface area (Å²) in [6.45, 7) is 0.610. The van der Waals surface area contributed by atoms with Gasteiger partial charge in [0.05, 0.1) is 34.0 Å². The molecule has 3 N–H and O–H groups in total. The highest BCUT2D eigenvalue weighted by Crippen LogP contribution is 2.27. The Balaban J connectivity index is 1.58. The van der Waals surface area contributed by atoms with Gasteiger partial charge in [-0.15, -0.1) is 0 Å². The number of rotatable bonds is 6. The van der Waals surface area contributed by atoms with Crippen LogP contribution in [0.15, 0.2) is 34.0 Å². The van der Waals surface area contributed by atoms with Crippen molar-refractivity contribution in [2.45, 2.75) is 69.1 Å². The van der Waals surface area contributed by atoms with E-state index in [1.54, 1.807) is 0 Å². The van der Waals surface area contributed by atoms with Gasteiger partial charge in [-0.1, -0.05) is 37.3 Å². The van der Waals surface area contributed by atoms with Gasteiger partial charge in [0.15, 0.2) is 0 Å². The molecule has 4 rings (SSSR count). The van der Waals surface area contributed by atoms with Gasteiger partial charge in [0.1, 0.15) is 6.20 Å². The van der Waals surface area contributed by atoms with Gasteiger partial charge in [0, 0.05) is 32.6 Å².